The van der Waals surface area contributed by atoms with Crippen LogP contribution in [0.15, 0.2) is 28.7 Å². The zero-order chi connectivity index (χ0) is 13.4. The standard InChI is InChI=1S/C15H24BrNS/c1-4-9-17-14(11-18-12(2)3)10-13-7-5-6-8-15(13)16/h5-8,12,14,17H,4,9-11H2,1-3H3. The Morgan fingerprint density at radius 1 is 1.28 bits per heavy atom. The minimum absolute atomic E-state index is 0.566. The molecule has 0 bridgehead atoms. The predicted octanol–water partition coefficient (Wildman–Crippen LogP) is 4.50. The second-order valence-corrected chi connectivity index (χ2v) is 7.29. The van der Waals surface area contributed by atoms with Gasteiger partial charge in [-0.3, -0.25) is 0 Å². The molecule has 1 N–H and O–H groups in total. The highest BCUT2D eigenvalue weighted by Gasteiger charge is 2.11. The third kappa shape index (κ3) is 6.26. The molecule has 18 heavy (non-hydrogen) atoms. The minimum atomic E-state index is 0.566. The Balaban J connectivity index is 2.56. The van der Waals surface area contributed by atoms with Crippen molar-refractivity contribution < 1.29 is 0 Å². The summed E-state index contributed by atoms with van der Waals surface area (Å²) in [4.78, 5) is 0. The number of hydrogen-bond acceptors (Lipinski definition) is 2. The summed E-state index contributed by atoms with van der Waals surface area (Å²) in [5.41, 5.74) is 1.40. The second-order valence-electron chi connectivity index (χ2n) is 4.83. The van der Waals surface area contributed by atoms with Crippen LogP contribution in [0.1, 0.15) is 32.8 Å². The molecule has 3 heteroatoms. The van der Waals surface area contributed by atoms with Gasteiger partial charge in [-0.15, -0.1) is 0 Å². The Kier molecular flexibility index (Phi) is 8.03. The first-order chi connectivity index (χ1) is 8.63. The number of rotatable bonds is 8. The van der Waals surface area contributed by atoms with Gasteiger partial charge in [0.1, 0.15) is 0 Å². The van der Waals surface area contributed by atoms with Gasteiger partial charge in [-0.2, -0.15) is 11.8 Å². The average Bonchev–Trinajstić information content (AvgIpc) is 2.35. The molecule has 0 heterocycles. The molecule has 0 aliphatic carbocycles. The maximum absolute atomic E-state index is 3.66. The summed E-state index contributed by atoms with van der Waals surface area (Å²) in [7, 11) is 0. The molecule has 0 aliphatic heterocycles. The topological polar surface area (TPSA) is 12.0 Å². The largest absolute Gasteiger partial charge is 0.313 e. The molecule has 1 atom stereocenters. The summed E-state index contributed by atoms with van der Waals surface area (Å²) in [5, 5.41) is 4.36. The molecule has 0 fully saturated rings. The van der Waals surface area contributed by atoms with Crippen LogP contribution >= 0.6 is 27.7 Å². The molecule has 0 spiro atoms. The van der Waals surface area contributed by atoms with E-state index in [-0.39, 0.29) is 0 Å². The van der Waals surface area contributed by atoms with Crippen molar-refractivity contribution in [1.29, 1.82) is 0 Å². The van der Waals surface area contributed by atoms with Crippen LogP contribution in [0.25, 0.3) is 0 Å². The van der Waals surface area contributed by atoms with E-state index in [1.54, 1.807) is 0 Å². The van der Waals surface area contributed by atoms with Gasteiger partial charge in [0.2, 0.25) is 0 Å². The van der Waals surface area contributed by atoms with Gasteiger partial charge in [0.25, 0.3) is 0 Å². The van der Waals surface area contributed by atoms with E-state index in [1.165, 1.54) is 22.2 Å². The third-order valence-corrected chi connectivity index (χ3v) is 4.77. The van der Waals surface area contributed by atoms with E-state index in [4.69, 9.17) is 0 Å². The fourth-order valence-corrected chi connectivity index (χ4v) is 3.08. The van der Waals surface area contributed by atoms with Gasteiger partial charge in [0, 0.05) is 16.3 Å². The number of nitrogens with one attached hydrogen (secondary N) is 1. The highest BCUT2D eigenvalue weighted by Crippen LogP contribution is 2.19. The minimum Gasteiger partial charge on any atom is -0.313 e. The molecule has 102 valence electrons. The van der Waals surface area contributed by atoms with E-state index in [2.05, 4.69) is 66.3 Å². The summed E-state index contributed by atoms with van der Waals surface area (Å²) in [5.74, 6) is 1.18. The van der Waals surface area contributed by atoms with Crippen LogP contribution in [0, 0.1) is 0 Å². The van der Waals surface area contributed by atoms with Gasteiger partial charge in [-0.1, -0.05) is 54.9 Å². The Labute approximate surface area is 124 Å². The Morgan fingerprint density at radius 3 is 2.61 bits per heavy atom. The summed E-state index contributed by atoms with van der Waals surface area (Å²) < 4.78 is 1.22. The van der Waals surface area contributed by atoms with E-state index >= 15 is 0 Å². The van der Waals surface area contributed by atoms with E-state index in [0.717, 1.165) is 13.0 Å². The number of halogens is 1. The van der Waals surface area contributed by atoms with Crippen LogP contribution in [0.5, 0.6) is 0 Å². The zero-order valence-corrected chi connectivity index (χ0v) is 14.0. The summed E-state index contributed by atoms with van der Waals surface area (Å²) in [6.07, 6.45) is 2.29. The molecule has 1 unspecified atom stereocenters. The molecular formula is C15H24BrNS. The van der Waals surface area contributed by atoms with Crippen molar-refractivity contribution in [2.75, 3.05) is 12.3 Å². The lowest BCUT2D eigenvalue weighted by molar-refractivity contribution is 0.549. The fraction of sp³-hybridized carbons (Fsp3) is 0.600. The number of hydrogen-bond donors (Lipinski definition) is 1. The molecule has 1 nitrogen and oxygen atoms in total. The van der Waals surface area contributed by atoms with Gasteiger partial charge in [-0.25, -0.2) is 0 Å². The van der Waals surface area contributed by atoms with Crippen molar-refractivity contribution in [3.63, 3.8) is 0 Å². The molecule has 0 saturated carbocycles. The molecule has 1 aromatic carbocycles. The van der Waals surface area contributed by atoms with Crippen LogP contribution < -0.4 is 5.32 Å². The van der Waals surface area contributed by atoms with Gasteiger partial charge in [0.15, 0.2) is 0 Å². The number of benzene rings is 1. The smallest absolute Gasteiger partial charge is 0.0207 e. The van der Waals surface area contributed by atoms with Gasteiger partial charge < -0.3 is 5.32 Å². The first-order valence-corrected chi connectivity index (χ1v) is 8.56. The van der Waals surface area contributed by atoms with Crippen LogP contribution in [0.2, 0.25) is 0 Å². The quantitative estimate of drug-likeness (QED) is 0.753. The molecule has 0 amide bonds. The van der Waals surface area contributed by atoms with Crippen molar-refractivity contribution in [2.45, 2.75) is 44.9 Å². The highest BCUT2D eigenvalue weighted by atomic mass is 79.9. The summed E-state index contributed by atoms with van der Waals surface area (Å²) >= 11 is 5.68. The van der Waals surface area contributed by atoms with E-state index < -0.39 is 0 Å². The highest BCUT2D eigenvalue weighted by molar-refractivity contribution is 9.10. The van der Waals surface area contributed by atoms with Gasteiger partial charge in [0.05, 0.1) is 0 Å². The van der Waals surface area contributed by atoms with E-state index in [1.807, 2.05) is 11.8 Å². The number of thioether (sulfide) groups is 1. The Morgan fingerprint density at radius 2 is 2.00 bits per heavy atom. The normalized spacial score (nSPS) is 12.9. The first kappa shape index (κ1) is 16.1. The van der Waals surface area contributed by atoms with E-state index in [9.17, 15) is 0 Å². The lowest BCUT2D eigenvalue weighted by Crippen LogP contribution is -2.34. The Bertz CT molecular complexity index is 341. The molecule has 0 saturated heterocycles. The van der Waals surface area contributed by atoms with E-state index in [0.29, 0.717) is 11.3 Å². The lowest BCUT2D eigenvalue weighted by atomic mass is 10.1. The van der Waals surface area contributed by atoms with Crippen molar-refractivity contribution in [3.05, 3.63) is 34.3 Å². The van der Waals surface area contributed by atoms with Crippen molar-refractivity contribution in [2.24, 2.45) is 0 Å². The fourth-order valence-electron chi connectivity index (χ4n) is 1.78. The molecule has 1 rings (SSSR count). The van der Waals surface area contributed by atoms with Crippen molar-refractivity contribution in [1.82, 2.24) is 5.32 Å². The molecule has 0 aromatic heterocycles. The third-order valence-electron chi connectivity index (χ3n) is 2.74. The Hall–Kier alpha value is 0.01000. The maximum atomic E-state index is 3.66. The molecule has 0 aliphatic rings. The van der Waals surface area contributed by atoms with Crippen LogP contribution in [0.4, 0.5) is 0 Å². The van der Waals surface area contributed by atoms with Gasteiger partial charge in [-0.05, 0) is 36.3 Å². The van der Waals surface area contributed by atoms with Crippen LogP contribution in [-0.4, -0.2) is 23.6 Å². The molecule has 0 radical (unpaired) electrons. The SMILES string of the molecule is CCCNC(CSC(C)C)Cc1ccccc1Br. The average molecular weight is 330 g/mol. The van der Waals surface area contributed by atoms with Gasteiger partial charge >= 0.3 is 0 Å². The second kappa shape index (κ2) is 9.00. The van der Waals surface area contributed by atoms with Crippen LogP contribution in [-0.2, 0) is 6.42 Å². The zero-order valence-electron chi connectivity index (χ0n) is 11.6. The molecular weight excluding hydrogens is 306 g/mol. The van der Waals surface area contributed by atoms with Crippen molar-refractivity contribution >= 4 is 27.7 Å². The summed E-state index contributed by atoms with van der Waals surface area (Å²) in [6, 6.07) is 9.10. The summed E-state index contributed by atoms with van der Waals surface area (Å²) in [6.45, 7) is 7.85. The van der Waals surface area contributed by atoms with Crippen molar-refractivity contribution in [3.8, 4) is 0 Å². The molecule has 1 aromatic rings. The maximum Gasteiger partial charge on any atom is 0.0207 e. The lowest BCUT2D eigenvalue weighted by Gasteiger charge is -2.20. The monoisotopic (exact) mass is 329 g/mol. The first-order valence-electron chi connectivity index (χ1n) is 6.71. The van der Waals surface area contributed by atoms with Crippen LogP contribution in [0.3, 0.4) is 0 Å². The predicted molar refractivity (Wildman–Crippen MR) is 87.5 cm³/mol.